The summed E-state index contributed by atoms with van der Waals surface area (Å²) in [7, 11) is -3.83. The molecule has 3 rings (SSSR count). The molecule has 0 radical (unpaired) electrons. The Morgan fingerprint density at radius 3 is 2.40 bits per heavy atom. The van der Waals surface area contributed by atoms with Crippen molar-refractivity contribution in [3.63, 3.8) is 0 Å². The van der Waals surface area contributed by atoms with E-state index in [0.29, 0.717) is 5.56 Å². The average Bonchev–Trinajstić information content (AvgIpc) is 2.60. The van der Waals surface area contributed by atoms with Gasteiger partial charge < -0.3 is 5.11 Å². The molecule has 0 spiro atoms. The van der Waals surface area contributed by atoms with Crippen LogP contribution in [0.4, 0.5) is 5.95 Å². The Kier molecular flexibility index (Phi) is 4.44. The largest absolute Gasteiger partial charge is 0.478 e. The number of carboxylic acids is 1. The highest BCUT2D eigenvalue weighted by atomic mass is 32.2. The number of benzene rings is 2. The van der Waals surface area contributed by atoms with Crippen LogP contribution < -0.4 is 4.72 Å². The number of nitrogens with zero attached hydrogens (tertiary/aromatic N) is 2. The maximum Gasteiger partial charge on any atom is 0.328 e. The number of nitrogens with one attached hydrogen (secondary N) is 1. The van der Waals surface area contributed by atoms with E-state index in [1.54, 1.807) is 12.1 Å². The van der Waals surface area contributed by atoms with E-state index in [9.17, 15) is 13.2 Å². The van der Waals surface area contributed by atoms with Crippen molar-refractivity contribution in [3.8, 4) is 0 Å². The molecular formula is C17H13N3O4S. The zero-order chi connectivity index (χ0) is 17.9. The first kappa shape index (κ1) is 16.6. The quantitative estimate of drug-likeness (QED) is 0.681. The molecule has 0 aliphatic rings. The highest BCUT2D eigenvalue weighted by Gasteiger charge is 2.16. The Labute approximate surface area is 143 Å². The molecule has 0 atom stereocenters. The van der Waals surface area contributed by atoms with Crippen LogP contribution in [0.25, 0.3) is 16.8 Å². The summed E-state index contributed by atoms with van der Waals surface area (Å²) in [6.07, 6.45) is 4.90. The molecule has 7 nitrogen and oxygen atoms in total. The number of hydrogen-bond acceptors (Lipinski definition) is 5. The third-order valence-corrected chi connectivity index (χ3v) is 4.67. The van der Waals surface area contributed by atoms with E-state index in [0.717, 1.165) is 16.8 Å². The average molecular weight is 355 g/mol. The highest BCUT2D eigenvalue weighted by Crippen LogP contribution is 2.20. The van der Waals surface area contributed by atoms with Crippen LogP contribution in [-0.2, 0) is 14.8 Å². The first-order valence-corrected chi connectivity index (χ1v) is 8.67. The number of aromatic nitrogens is 2. The molecule has 0 aliphatic carbocycles. The molecule has 0 bridgehead atoms. The van der Waals surface area contributed by atoms with Gasteiger partial charge in [0.25, 0.3) is 10.0 Å². The first-order chi connectivity index (χ1) is 11.9. The minimum atomic E-state index is -3.83. The number of aliphatic carboxylic acids is 1. The third kappa shape index (κ3) is 3.99. The zero-order valence-electron chi connectivity index (χ0n) is 12.8. The Morgan fingerprint density at radius 2 is 1.72 bits per heavy atom. The first-order valence-electron chi connectivity index (χ1n) is 7.19. The number of anilines is 1. The Hall–Kier alpha value is -3.26. The van der Waals surface area contributed by atoms with Crippen LogP contribution >= 0.6 is 0 Å². The fourth-order valence-electron chi connectivity index (χ4n) is 2.16. The smallest absolute Gasteiger partial charge is 0.328 e. The Bertz CT molecular complexity index is 1060. The van der Waals surface area contributed by atoms with Crippen LogP contribution in [0.2, 0.25) is 0 Å². The molecule has 8 heteroatoms. The van der Waals surface area contributed by atoms with E-state index >= 15 is 0 Å². The monoisotopic (exact) mass is 355 g/mol. The van der Waals surface area contributed by atoms with Gasteiger partial charge >= 0.3 is 5.97 Å². The van der Waals surface area contributed by atoms with Gasteiger partial charge in [0.15, 0.2) is 0 Å². The van der Waals surface area contributed by atoms with Gasteiger partial charge in [-0.05, 0) is 29.0 Å². The molecule has 2 aromatic carbocycles. The molecule has 0 saturated heterocycles. The SMILES string of the molecule is O=C(O)/C=C/c1cnc(NS(=O)(=O)c2ccc3ccccc3c2)nc1. The summed E-state index contributed by atoms with van der Waals surface area (Å²) in [5.74, 6) is -1.19. The molecule has 3 aromatic rings. The lowest BCUT2D eigenvalue weighted by atomic mass is 10.1. The van der Waals surface area contributed by atoms with Gasteiger partial charge in [0.1, 0.15) is 0 Å². The summed E-state index contributed by atoms with van der Waals surface area (Å²) >= 11 is 0. The molecule has 0 fully saturated rings. The number of carboxylic acid groups (broad SMARTS) is 1. The van der Waals surface area contributed by atoms with Crippen LogP contribution in [-0.4, -0.2) is 29.5 Å². The molecule has 1 heterocycles. The van der Waals surface area contributed by atoms with Gasteiger partial charge in [-0.15, -0.1) is 0 Å². The maximum atomic E-state index is 12.5. The summed E-state index contributed by atoms with van der Waals surface area (Å²) in [5.41, 5.74) is 0.441. The van der Waals surface area contributed by atoms with Gasteiger partial charge in [0, 0.05) is 24.0 Å². The van der Waals surface area contributed by atoms with E-state index in [1.807, 2.05) is 24.3 Å². The minimum Gasteiger partial charge on any atom is -0.478 e. The fourth-order valence-corrected chi connectivity index (χ4v) is 3.15. The van der Waals surface area contributed by atoms with Crippen LogP contribution in [0.3, 0.4) is 0 Å². The summed E-state index contributed by atoms with van der Waals surface area (Å²) in [6.45, 7) is 0. The molecule has 1 aromatic heterocycles. The van der Waals surface area contributed by atoms with E-state index in [-0.39, 0.29) is 10.8 Å². The lowest BCUT2D eigenvalue weighted by molar-refractivity contribution is -0.131. The van der Waals surface area contributed by atoms with Crippen molar-refractivity contribution in [2.75, 3.05) is 4.72 Å². The molecule has 25 heavy (non-hydrogen) atoms. The predicted octanol–water partition coefficient (Wildman–Crippen LogP) is 2.53. The van der Waals surface area contributed by atoms with Gasteiger partial charge in [-0.25, -0.2) is 27.9 Å². The van der Waals surface area contributed by atoms with Crippen molar-refractivity contribution in [1.82, 2.24) is 9.97 Å². The second-order valence-electron chi connectivity index (χ2n) is 5.13. The zero-order valence-corrected chi connectivity index (χ0v) is 13.6. The van der Waals surface area contributed by atoms with Crippen molar-refractivity contribution in [2.24, 2.45) is 0 Å². The normalized spacial score (nSPS) is 11.7. The van der Waals surface area contributed by atoms with Crippen LogP contribution in [0, 0.1) is 0 Å². The lowest BCUT2D eigenvalue weighted by Crippen LogP contribution is -2.15. The van der Waals surface area contributed by atoms with E-state index in [1.165, 1.54) is 24.5 Å². The van der Waals surface area contributed by atoms with E-state index < -0.39 is 16.0 Å². The molecule has 0 amide bonds. The second-order valence-corrected chi connectivity index (χ2v) is 6.81. The van der Waals surface area contributed by atoms with Crippen LogP contribution in [0.15, 0.2) is 65.8 Å². The van der Waals surface area contributed by atoms with Crippen molar-refractivity contribution in [2.45, 2.75) is 4.90 Å². The van der Waals surface area contributed by atoms with Crippen molar-refractivity contribution >= 4 is 38.8 Å². The van der Waals surface area contributed by atoms with Crippen molar-refractivity contribution in [3.05, 3.63) is 66.5 Å². The molecule has 0 saturated carbocycles. The molecule has 0 aliphatic heterocycles. The maximum absolute atomic E-state index is 12.5. The summed E-state index contributed by atoms with van der Waals surface area (Å²) in [5, 5.41) is 10.3. The topological polar surface area (TPSA) is 109 Å². The Balaban J connectivity index is 1.83. The van der Waals surface area contributed by atoms with Gasteiger partial charge in [-0.3, -0.25) is 0 Å². The number of carbonyl (C=O) groups is 1. The number of sulfonamides is 1. The third-order valence-electron chi connectivity index (χ3n) is 3.35. The number of hydrogen-bond donors (Lipinski definition) is 2. The van der Waals surface area contributed by atoms with Crippen molar-refractivity contribution < 1.29 is 18.3 Å². The van der Waals surface area contributed by atoms with Gasteiger partial charge in [0.05, 0.1) is 4.90 Å². The lowest BCUT2D eigenvalue weighted by Gasteiger charge is -2.07. The van der Waals surface area contributed by atoms with Crippen molar-refractivity contribution in [1.29, 1.82) is 0 Å². The molecule has 2 N–H and O–H groups in total. The van der Waals surface area contributed by atoms with Crippen LogP contribution in [0.1, 0.15) is 5.56 Å². The second kappa shape index (κ2) is 6.70. The summed E-state index contributed by atoms with van der Waals surface area (Å²) < 4.78 is 27.2. The molecular weight excluding hydrogens is 342 g/mol. The van der Waals surface area contributed by atoms with E-state index in [4.69, 9.17) is 5.11 Å². The summed E-state index contributed by atoms with van der Waals surface area (Å²) in [6, 6.07) is 12.2. The molecule has 0 unspecified atom stereocenters. The van der Waals surface area contributed by atoms with Gasteiger partial charge in [-0.2, -0.15) is 0 Å². The number of rotatable bonds is 5. The summed E-state index contributed by atoms with van der Waals surface area (Å²) in [4.78, 5) is 18.3. The van der Waals surface area contributed by atoms with Gasteiger partial charge in [0.2, 0.25) is 5.95 Å². The van der Waals surface area contributed by atoms with E-state index in [2.05, 4.69) is 14.7 Å². The van der Waals surface area contributed by atoms with Gasteiger partial charge in [-0.1, -0.05) is 30.3 Å². The fraction of sp³-hybridized carbons (Fsp3) is 0. The predicted molar refractivity (Wildman–Crippen MR) is 93.5 cm³/mol. The number of fused-ring (bicyclic) bond motifs is 1. The minimum absolute atomic E-state index is 0.0966. The molecule has 126 valence electrons. The highest BCUT2D eigenvalue weighted by molar-refractivity contribution is 7.92. The Morgan fingerprint density at radius 1 is 1.04 bits per heavy atom. The standard InChI is InChI=1S/C17H13N3O4S/c21-16(22)8-5-12-10-18-17(19-11-12)20-25(23,24)15-7-6-13-3-1-2-4-14(13)9-15/h1-11H,(H,21,22)(H,18,19,20)/b8-5+. The van der Waals surface area contributed by atoms with Crippen LogP contribution in [0.5, 0.6) is 0 Å².